The van der Waals surface area contributed by atoms with Crippen molar-refractivity contribution in [3.8, 4) is 11.5 Å². The summed E-state index contributed by atoms with van der Waals surface area (Å²) in [4.78, 5) is 0. The van der Waals surface area contributed by atoms with E-state index in [4.69, 9.17) is 0 Å². The molecule has 0 aliphatic rings. The molecule has 3 aromatic rings. The minimum atomic E-state index is -3.15. The van der Waals surface area contributed by atoms with E-state index in [9.17, 15) is 17.6 Å². The van der Waals surface area contributed by atoms with Gasteiger partial charge in [0, 0.05) is 22.8 Å². The normalized spacial score (nSPS) is 11.1. The Labute approximate surface area is 170 Å². The summed E-state index contributed by atoms with van der Waals surface area (Å²) in [5, 5.41) is 8.24. The fourth-order valence-electron chi connectivity index (χ4n) is 2.62. The lowest BCUT2D eigenvalue weighted by Crippen LogP contribution is -2.06. The van der Waals surface area contributed by atoms with Crippen LogP contribution in [0.25, 0.3) is 0 Å². The van der Waals surface area contributed by atoms with E-state index in [-0.39, 0.29) is 17.1 Å². The Hall–Kier alpha value is -3.68. The second kappa shape index (κ2) is 10.2. The summed E-state index contributed by atoms with van der Waals surface area (Å²) in [5.74, 6) is -0.668. The number of hydrogen-bond acceptors (Lipinski definition) is 4. The fourth-order valence-corrected chi connectivity index (χ4v) is 2.62. The molecule has 3 rings (SSSR count). The third-order valence-electron chi connectivity index (χ3n) is 3.88. The first-order valence-corrected chi connectivity index (χ1v) is 8.78. The molecule has 0 bridgehead atoms. The summed E-state index contributed by atoms with van der Waals surface area (Å²) in [5.41, 5.74) is 2.32. The molecule has 0 radical (unpaired) electrons. The van der Waals surface area contributed by atoms with Gasteiger partial charge in [-0.25, -0.2) is 0 Å². The van der Waals surface area contributed by atoms with Gasteiger partial charge in [-0.3, -0.25) is 0 Å². The molecule has 0 heterocycles. The molecule has 3 aromatic carbocycles. The van der Waals surface area contributed by atoms with Crippen LogP contribution in [0.3, 0.4) is 0 Å². The SMILES string of the molecule is FC(F)Oc1ccc(/C=N\N=C(c2ccccc2)c2ccccc2)c(OC(F)F)c1. The van der Waals surface area contributed by atoms with Crippen LogP contribution in [0.15, 0.2) is 89.1 Å². The molecule has 0 aliphatic heterocycles. The van der Waals surface area contributed by atoms with Gasteiger partial charge in [0.15, 0.2) is 0 Å². The van der Waals surface area contributed by atoms with Crippen LogP contribution in [0.5, 0.6) is 11.5 Å². The Morgan fingerprint density at radius 3 is 1.83 bits per heavy atom. The molecule has 0 atom stereocenters. The summed E-state index contributed by atoms with van der Waals surface area (Å²) in [6.45, 7) is -6.24. The lowest BCUT2D eigenvalue weighted by molar-refractivity contribution is -0.0543. The van der Waals surface area contributed by atoms with Crippen molar-refractivity contribution in [2.45, 2.75) is 13.2 Å². The summed E-state index contributed by atoms with van der Waals surface area (Å²) < 4.78 is 58.8. The van der Waals surface area contributed by atoms with Crippen LogP contribution in [0.1, 0.15) is 16.7 Å². The minimum absolute atomic E-state index is 0.126. The third-order valence-corrected chi connectivity index (χ3v) is 3.88. The number of nitrogens with zero attached hydrogens (tertiary/aromatic N) is 2. The van der Waals surface area contributed by atoms with Crippen LogP contribution in [0.4, 0.5) is 17.6 Å². The molecule has 4 nitrogen and oxygen atoms in total. The highest BCUT2D eigenvalue weighted by Gasteiger charge is 2.13. The molecule has 154 valence electrons. The van der Waals surface area contributed by atoms with Crippen molar-refractivity contribution in [3.05, 3.63) is 95.6 Å². The molecular weight excluding hydrogens is 400 g/mol. The van der Waals surface area contributed by atoms with Gasteiger partial charge in [0.1, 0.15) is 17.2 Å². The third kappa shape index (κ3) is 5.91. The topological polar surface area (TPSA) is 43.2 Å². The largest absolute Gasteiger partial charge is 0.435 e. The zero-order valence-corrected chi connectivity index (χ0v) is 15.5. The van der Waals surface area contributed by atoms with E-state index in [1.807, 2.05) is 60.7 Å². The second-order valence-corrected chi connectivity index (χ2v) is 5.88. The van der Waals surface area contributed by atoms with Crippen LogP contribution >= 0.6 is 0 Å². The van der Waals surface area contributed by atoms with Crippen molar-refractivity contribution in [1.82, 2.24) is 0 Å². The summed E-state index contributed by atoms with van der Waals surface area (Å²) in [6, 6.07) is 22.0. The first kappa shape index (κ1) is 21.0. The predicted octanol–water partition coefficient (Wildman–Crippen LogP) is 5.76. The second-order valence-electron chi connectivity index (χ2n) is 5.88. The van der Waals surface area contributed by atoms with Gasteiger partial charge in [0.2, 0.25) is 0 Å². The van der Waals surface area contributed by atoms with E-state index >= 15 is 0 Å². The van der Waals surface area contributed by atoms with Gasteiger partial charge >= 0.3 is 13.2 Å². The standard InChI is InChI=1S/C22H16F4N2O2/c23-21(24)29-18-12-11-17(19(13-18)30-22(25)26)14-27-28-20(15-7-3-1-4-8-15)16-9-5-2-6-10-16/h1-14,21-22H/b27-14-. The summed E-state index contributed by atoms with van der Waals surface area (Å²) >= 11 is 0. The number of ether oxygens (including phenoxy) is 2. The molecule has 0 N–H and O–H groups in total. The zero-order chi connectivity index (χ0) is 21.3. The van der Waals surface area contributed by atoms with Crippen LogP contribution < -0.4 is 9.47 Å². The van der Waals surface area contributed by atoms with Crippen molar-refractivity contribution in [2.24, 2.45) is 10.2 Å². The molecule has 0 aliphatic carbocycles. The Balaban J connectivity index is 1.94. The zero-order valence-electron chi connectivity index (χ0n) is 15.5. The molecule has 0 spiro atoms. The van der Waals surface area contributed by atoms with E-state index in [0.29, 0.717) is 5.71 Å². The van der Waals surface area contributed by atoms with Crippen LogP contribution in [0, 0.1) is 0 Å². The van der Waals surface area contributed by atoms with Crippen molar-refractivity contribution >= 4 is 11.9 Å². The van der Waals surface area contributed by atoms with Crippen LogP contribution in [-0.2, 0) is 0 Å². The average Bonchev–Trinajstić information content (AvgIpc) is 2.73. The van der Waals surface area contributed by atoms with Crippen molar-refractivity contribution in [3.63, 3.8) is 0 Å². The van der Waals surface area contributed by atoms with E-state index in [1.165, 1.54) is 18.3 Å². The van der Waals surface area contributed by atoms with E-state index in [2.05, 4.69) is 19.7 Å². The van der Waals surface area contributed by atoms with E-state index in [1.54, 1.807) is 0 Å². The molecule has 0 saturated carbocycles. The first-order valence-electron chi connectivity index (χ1n) is 8.78. The Morgan fingerprint density at radius 2 is 1.30 bits per heavy atom. The Morgan fingerprint density at radius 1 is 0.733 bits per heavy atom. The number of hydrogen-bond donors (Lipinski definition) is 0. The highest BCUT2D eigenvalue weighted by Crippen LogP contribution is 2.26. The van der Waals surface area contributed by atoms with Crippen molar-refractivity contribution in [2.75, 3.05) is 0 Å². The molecule has 0 unspecified atom stereocenters. The maximum Gasteiger partial charge on any atom is 0.387 e. The van der Waals surface area contributed by atoms with Gasteiger partial charge in [0.25, 0.3) is 0 Å². The molecule has 8 heteroatoms. The molecule has 0 amide bonds. The molecule has 0 fully saturated rings. The number of benzene rings is 3. The van der Waals surface area contributed by atoms with E-state index in [0.717, 1.165) is 17.2 Å². The van der Waals surface area contributed by atoms with Gasteiger partial charge in [-0.1, -0.05) is 60.7 Å². The molecule has 0 aromatic heterocycles. The molecule has 30 heavy (non-hydrogen) atoms. The van der Waals surface area contributed by atoms with Crippen molar-refractivity contribution < 1.29 is 27.0 Å². The van der Waals surface area contributed by atoms with Gasteiger partial charge in [0.05, 0.1) is 6.21 Å². The molecular formula is C22H16F4N2O2. The van der Waals surface area contributed by atoms with Gasteiger partial charge in [-0.2, -0.15) is 22.7 Å². The van der Waals surface area contributed by atoms with Crippen LogP contribution in [0.2, 0.25) is 0 Å². The monoisotopic (exact) mass is 416 g/mol. The smallest absolute Gasteiger partial charge is 0.387 e. The maximum atomic E-state index is 12.7. The predicted molar refractivity (Wildman–Crippen MR) is 106 cm³/mol. The molecule has 0 saturated heterocycles. The van der Waals surface area contributed by atoms with Gasteiger partial charge < -0.3 is 9.47 Å². The Kier molecular flexibility index (Phi) is 7.15. The average molecular weight is 416 g/mol. The fraction of sp³-hybridized carbons (Fsp3) is 0.0909. The van der Waals surface area contributed by atoms with E-state index < -0.39 is 13.2 Å². The van der Waals surface area contributed by atoms with Crippen LogP contribution in [-0.4, -0.2) is 25.1 Å². The van der Waals surface area contributed by atoms with Gasteiger partial charge in [-0.05, 0) is 12.1 Å². The Bertz CT molecular complexity index is 969. The lowest BCUT2D eigenvalue weighted by Gasteiger charge is -2.10. The van der Waals surface area contributed by atoms with Crippen molar-refractivity contribution in [1.29, 1.82) is 0 Å². The highest BCUT2D eigenvalue weighted by atomic mass is 19.3. The number of rotatable bonds is 8. The highest BCUT2D eigenvalue weighted by molar-refractivity contribution is 6.13. The lowest BCUT2D eigenvalue weighted by atomic mass is 10.0. The summed E-state index contributed by atoms with van der Waals surface area (Å²) in [7, 11) is 0. The maximum absolute atomic E-state index is 12.7. The van der Waals surface area contributed by atoms with Gasteiger partial charge in [-0.15, -0.1) is 5.10 Å². The first-order chi connectivity index (χ1) is 14.5. The minimum Gasteiger partial charge on any atom is -0.435 e. The quantitative estimate of drug-likeness (QED) is 0.266. The number of alkyl halides is 4. The number of halogens is 4. The summed E-state index contributed by atoms with van der Waals surface area (Å²) in [6.07, 6.45) is 1.20.